The lowest BCUT2D eigenvalue weighted by Crippen LogP contribution is -2.27. The Labute approximate surface area is 94.7 Å². The molecule has 1 aliphatic rings. The van der Waals surface area contributed by atoms with Gasteiger partial charge in [0.05, 0.1) is 0 Å². The fourth-order valence-corrected chi connectivity index (χ4v) is 1.34. The van der Waals surface area contributed by atoms with Crippen LogP contribution in [0.15, 0.2) is 30.3 Å². The molecule has 4 nitrogen and oxygen atoms in total. The van der Waals surface area contributed by atoms with Gasteiger partial charge in [-0.3, -0.25) is 0 Å². The van der Waals surface area contributed by atoms with Gasteiger partial charge in [-0.2, -0.15) is 0 Å². The topological polar surface area (TPSA) is 41.8 Å². The predicted molar refractivity (Wildman–Crippen MR) is 58.3 cm³/mol. The molecule has 1 saturated heterocycles. The fraction of sp³-hybridized carbons (Fsp3) is 0.417. The van der Waals surface area contributed by atoms with Crippen molar-refractivity contribution in [3.8, 4) is 0 Å². The highest BCUT2D eigenvalue weighted by atomic mass is 16.9. The Morgan fingerprint density at radius 1 is 1.31 bits per heavy atom. The number of benzene rings is 1. The summed E-state index contributed by atoms with van der Waals surface area (Å²) < 4.78 is 5.18. The summed E-state index contributed by atoms with van der Waals surface area (Å²) in [4.78, 5) is 16.8. The number of amides is 1. The third-order valence-corrected chi connectivity index (χ3v) is 2.04. The second kappa shape index (κ2) is 3.79. The van der Waals surface area contributed by atoms with Crippen LogP contribution in [-0.4, -0.2) is 16.8 Å². The average molecular weight is 221 g/mol. The van der Waals surface area contributed by atoms with Crippen LogP contribution in [-0.2, 0) is 9.57 Å². The number of carbonyl (C=O) groups excluding carboxylic acids is 1. The minimum Gasteiger partial charge on any atom is -0.442 e. The van der Waals surface area contributed by atoms with Crippen molar-refractivity contribution < 1.29 is 14.4 Å². The molecule has 0 spiro atoms. The molecular weight excluding hydrogens is 206 g/mol. The van der Waals surface area contributed by atoms with Crippen molar-refractivity contribution in [1.82, 2.24) is 5.06 Å². The molecular formula is C12H15NO3. The van der Waals surface area contributed by atoms with E-state index in [0.717, 1.165) is 5.56 Å². The second-order valence-corrected chi connectivity index (χ2v) is 4.67. The van der Waals surface area contributed by atoms with Crippen LogP contribution >= 0.6 is 0 Å². The Morgan fingerprint density at radius 3 is 2.50 bits per heavy atom. The molecule has 0 saturated carbocycles. The van der Waals surface area contributed by atoms with Crippen molar-refractivity contribution in [2.75, 3.05) is 0 Å². The van der Waals surface area contributed by atoms with Gasteiger partial charge in [-0.1, -0.05) is 30.3 Å². The monoisotopic (exact) mass is 221 g/mol. The van der Waals surface area contributed by atoms with Crippen molar-refractivity contribution in [3.63, 3.8) is 0 Å². The first-order valence-corrected chi connectivity index (χ1v) is 5.21. The minimum atomic E-state index is -0.496. The molecule has 0 aromatic heterocycles. The summed E-state index contributed by atoms with van der Waals surface area (Å²) in [6.45, 7) is 5.48. The molecule has 1 atom stereocenters. The van der Waals surface area contributed by atoms with E-state index in [1.165, 1.54) is 5.06 Å². The third kappa shape index (κ3) is 2.52. The van der Waals surface area contributed by atoms with Gasteiger partial charge in [-0.05, 0) is 20.8 Å². The van der Waals surface area contributed by atoms with Crippen molar-refractivity contribution in [2.45, 2.75) is 32.6 Å². The summed E-state index contributed by atoms with van der Waals surface area (Å²) in [6.07, 6.45) is -0.739. The minimum absolute atomic E-state index is 0.295. The van der Waals surface area contributed by atoms with E-state index >= 15 is 0 Å². The van der Waals surface area contributed by atoms with Gasteiger partial charge >= 0.3 is 6.09 Å². The summed E-state index contributed by atoms with van der Waals surface area (Å²) >= 11 is 0. The van der Waals surface area contributed by atoms with Crippen LogP contribution in [0.4, 0.5) is 4.79 Å². The zero-order valence-corrected chi connectivity index (χ0v) is 9.64. The standard InChI is InChI=1S/C12H15NO3/c1-12(2,3)15-11(14)13-10(16-13)9-7-5-4-6-8-9/h4-8,10H,1-3H3. The molecule has 0 bridgehead atoms. The van der Waals surface area contributed by atoms with Gasteiger partial charge in [0.1, 0.15) is 5.60 Å². The first-order chi connectivity index (χ1) is 7.47. The molecule has 1 aromatic carbocycles. The van der Waals surface area contributed by atoms with Gasteiger partial charge in [0.15, 0.2) is 0 Å². The highest BCUT2D eigenvalue weighted by Crippen LogP contribution is 2.37. The lowest BCUT2D eigenvalue weighted by atomic mass is 10.2. The SMILES string of the molecule is CC(C)(C)OC(=O)N1OC1c1ccccc1. The molecule has 1 fully saturated rings. The number of hydrogen-bond donors (Lipinski definition) is 0. The molecule has 1 heterocycles. The van der Waals surface area contributed by atoms with E-state index in [1.807, 2.05) is 51.1 Å². The average Bonchev–Trinajstić information content (AvgIpc) is 2.96. The fourth-order valence-electron chi connectivity index (χ4n) is 1.34. The molecule has 4 heteroatoms. The number of hydroxylamine groups is 2. The number of ether oxygens (including phenoxy) is 1. The Morgan fingerprint density at radius 2 is 1.94 bits per heavy atom. The van der Waals surface area contributed by atoms with Crippen LogP contribution < -0.4 is 0 Å². The van der Waals surface area contributed by atoms with Gasteiger partial charge in [0.2, 0.25) is 6.23 Å². The van der Waals surface area contributed by atoms with Crippen LogP contribution in [0.2, 0.25) is 0 Å². The maximum atomic E-state index is 11.6. The smallest absolute Gasteiger partial charge is 0.437 e. The number of nitrogens with zero attached hydrogens (tertiary/aromatic N) is 1. The molecule has 0 aliphatic carbocycles. The van der Waals surface area contributed by atoms with E-state index in [4.69, 9.17) is 9.57 Å². The maximum absolute atomic E-state index is 11.6. The summed E-state index contributed by atoms with van der Waals surface area (Å²) in [5.74, 6) is 0. The number of hydrogen-bond acceptors (Lipinski definition) is 3. The van der Waals surface area contributed by atoms with Crippen LogP contribution in [0.1, 0.15) is 32.6 Å². The Bertz CT molecular complexity index is 383. The molecule has 1 amide bonds. The summed E-state index contributed by atoms with van der Waals surface area (Å²) in [7, 11) is 0. The van der Waals surface area contributed by atoms with E-state index in [2.05, 4.69) is 0 Å². The van der Waals surface area contributed by atoms with Crippen LogP contribution in [0, 0.1) is 0 Å². The highest BCUT2D eigenvalue weighted by Gasteiger charge is 2.45. The maximum Gasteiger partial charge on any atom is 0.437 e. The molecule has 1 aromatic rings. The Kier molecular flexibility index (Phi) is 2.59. The Balaban J connectivity index is 1.95. The van der Waals surface area contributed by atoms with Crippen molar-refractivity contribution in [1.29, 1.82) is 0 Å². The van der Waals surface area contributed by atoms with Gasteiger partial charge in [0.25, 0.3) is 0 Å². The summed E-state index contributed by atoms with van der Waals surface area (Å²) in [5, 5.41) is 1.24. The molecule has 0 radical (unpaired) electrons. The van der Waals surface area contributed by atoms with Crippen LogP contribution in [0.25, 0.3) is 0 Å². The van der Waals surface area contributed by atoms with Gasteiger partial charge in [-0.25, -0.2) is 9.63 Å². The van der Waals surface area contributed by atoms with Crippen molar-refractivity contribution in [2.24, 2.45) is 0 Å². The normalized spacial score (nSPS) is 19.4. The van der Waals surface area contributed by atoms with Crippen molar-refractivity contribution in [3.05, 3.63) is 35.9 Å². The number of rotatable bonds is 1. The van der Waals surface area contributed by atoms with E-state index in [1.54, 1.807) is 0 Å². The van der Waals surface area contributed by atoms with Gasteiger partial charge in [-0.15, -0.1) is 5.06 Å². The molecule has 0 N–H and O–H groups in total. The lowest BCUT2D eigenvalue weighted by molar-refractivity contribution is 0.0209. The summed E-state index contributed by atoms with van der Waals surface area (Å²) in [5.41, 5.74) is 0.456. The zero-order chi connectivity index (χ0) is 11.8. The van der Waals surface area contributed by atoms with E-state index in [9.17, 15) is 4.79 Å². The largest absolute Gasteiger partial charge is 0.442 e. The molecule has 86 valence electrons. The molecule has 1 unspecified atom stereocenters. The van der Waals surface area contributed by atoms with Gasteiger partial charge in [0, 0.05) is 5.56 Å². The van der Waals surface area contributed by atoms with E-state index in [-0.39, 0.29) is 6.23 Å². The molecule has 16 heavy (non-hydrogen) atoms. The predicted octanol–water partition coefficient (Wildman–Crippen LogP) is 2.87. The second-order valence-electron chi connectivity index (χ2n) is 4.67. The third-order valence-electron chi connectivity index (χ3n) is 2.04. The quantitative estimate of drug-likeness (QED) is 0.685. The van der Waals surface area contributed by atoms with E-state index in [0.29, 0.717) is 0 Å². The van der Waals surface area contributed by atoms with E-state index < -0.39 is 11.7 Å². The molecule has 1 aliphatic heterocycles. The first kappa shape index (κ1) is 11.0. The summed E-state index contributed by atoms with van der Waals surface area (Å²) in [6, 6.07) is 9.56. The lowest BCUT2D eigenvalue weighted by Gasteiger charge is -2.18. The van der Waals surface area contributed by atoms with Crippen LogP contribution in [0.3, 0.4) is 0 Å². The van der Waals surface area contributed by atoms with Crippen LogP contribution in [0.5, 0.6) is 0 Å². The first-order valence-electron chi connectivity index (χ1n) is 5.21. The zero-order valence-electron chi connectivity index (χ0n) is 9.64. The number of carbonyl (C=O) groups is 1. The molecule has 2 rings (SSSR count). The highest BCUT2D eigenvalue weighted by molar-refractivity contribution is 5.69. The van der Waals surface area contributed by atoms with Gasteiger partial charge < -0.3 is 4.74 Å². The van der Waals surface area contributed by atoms with Crippen molar-refractivity contribution >= 4 is 6.09 Å². The Hall–Kier alpha value is -1.55.